The Balaban J connectivity index is 1.78. The van der Waals surface area contributed by atoms with Crippen LogP contribution >= 0.6 is 11.3 Å². The predicted octanol–water partition coefficient (Wildman–Crippen LogP) is 2.27. The monoisotopic (exact) mass is 357 g/mol. The minimum Gasteiger partial charge on any atom is -0.361 e. The number of hydrogen-bond donors (Lipinski definition) is 3. The number of hydrogen-bond acceptors (Lipinski definition) is 5. The number of aromatic nitrogens is 3. The summed E-state index contributed by atoms with van der Waals surface area (Å²) >= 11 is 1.33. The minimum absolute atomic E-state index is 0.258. The van der Waals surface area contributed by atoms with Crippen molar-refractivity contribution in [1.29, 1.82) is 0 Å². The van der Waals surface area contributed by atoms with Crippen molar-refractivity contribution in [3.8, 4) is 0 Å². The van der Waals surface area contributed by atoms with E-state index >= 15 is 0 Å². The highest BCUT2D eigenvalue weighted by atomic mass is 32.1. The SMILES string of the molecule is CCc1nnc(NC(=O)C(Cc2c[nH]c3ccccc23)NC(C)=O)s1. The lowest BCUT2D eigenvalue weighted by atomic mass is 10.0. The molecule has 1 unspecified atom stereocenters. The fourth-order valence-corrected chi connectivity index (χ4v) is 3.30. The van der Waals surface area contributed by atoms with Gasteiger partial charge in [-0.15, -0.1) is 10.2 Å². The molecule has 0 spiro atoms. The van der Waals surface area contributed by atoms with Crippen LogP contribution in [-0.2, 0) is 22.4 Å². The number of rotatable bonds is 6. The molecule has 3 aromatic rings. The Bertz CT molecular complexity index is 901. The van der Waals surface area contributed by atoms with Crippen molar-refractivity contribution in [1.82, 2.24) is 20.5 Å². The molecule has 3 rings (SSSR count). The Morgan fingerprint density at radius 2 is 2.08 bits per heavy atom. The molecule has 1 aromatic carbocycles. The number of amides is 2. The van der Waals surface area contributed by atoms with Crippen LogP contribution in [0.1, 0.15) is 24.4 Å². The number of H-pyrrole nitrogens is 1. The molecule has 0 bridgehead atoms. The summed E-state index contributed by atoms with van der Waals surface area (Å²) < 4.78 is 0. The summed E-state index contributed by atoms with van der Waals surface area (Å²) in [5, 5.41) is 15.7. The van der Waals surface area contributed by atoms with E-state index in [0.29, 0.717) is 11.6 Å². The second-order valence-corrected chi connectivity index (χ2v) is 6.72. The van der Waals surface area contributed by atoms with Crippen molar-refractivity contribution in [2.75, 3.05) is 5.32 Å². The van der Waals surface area contributed by atoms with Gasteiger partial charge in [0.15, 0.2) is 0 Å². The molecule has 130 valence electrons. The van der Waals surface area contributed by atoms with Crippen molar-refractivity contribution >= 4 is 39.2 Å². The number of aryl methyl sites for hydroxylation is 1. The van der Waals surface area contributed by atoms with Gasteiger partial charge in [0.2, 0.25) is 16.9 Å². The molecule has 0 saturated heterocycles. The molecule has 8 heteroatoms. The van der Waals surface area contributed by atoms with Gasteiger partial charge < -0.3 is 10.3 Å². The predicted molar refractivity (Wildman–Crippen MR) is 97.5 cm³/mol. The molecular weight excluding hydrogens is 338 g/mol. The Labute approximate surface area is 148 Å². The summed E-state index contributed by atoms with van der Waals surface area (Å²) in [5.74, 6) is -0.564. The van der Waals surface area contributed by atoms with E-state index in [1.165, 1.54) is 18.3 Å². The maximum Gasteiger partial charge on any atom is 0.249 e. The van der Waals surface area contributed by atoms with Gasteiger partial charge in [-0.1, -0.05) is 36.5 Å². The van der Waals surface area contributed by atoms with Crippen LogP contribution in [0.4, 0.5) is 5.13 Å². The number of carbonyl (C=O) groups excluding carboxylic acids is 2. The summed E-state index contributed by atoms with van der Waals surface area (Å²) in [7, 11) is 0. The van der Waals surface area contributed by atoms with Crippen molar-refractivity contribution < 1.29 is 9.59 Å². The molecule has 2 heterocycles. The lowest BCUT2D eigenvalue weighted by Gasteiger charge is -2.16. The first-order valence-electron chi connectivity index (χ1n) is 8.02. The van der Waals surface area contributed by atoms with Gasteiger partial charge in [0.1, 0.15) is 11.0 Å². The Kier molecular flexibility index (Phi) is 5.08. The number of anilines is 1. The van der Waals surface area contributed by atoms with Crippen LogP contribution in [0.25, 0.3) is 10.9 Å². The Hall–Kier alpha value is -2.74. The van der Waals surface area contributed by atoms with E-state index in [9.17, 15) is 9.59 Å². The lowest BCUT2D eigenvalue weighted by molar-refractivity contribution is -0.125. The molecule has 0 saturated carbocycles. The van der Waals surface area contributed by atoms with Gasteiger partial charge >= 0.3 is 0 Å². The van der Waals surface area contributed by atoms with Crippen LogP contribution in [0, 0.1) is 0 Å². The topological polar surface area (TPSA) is 99.8 Å². The fourth-order valence-electron chi connectivity index (χ4n) is 2.61. The summed E-state index contributed by atoms with van der Waals surface area (Å²) in [6.07, 6.45) is 3.01. The van der Waals surface area contributed by atoms with Gasteiger partial charge in [-0.05, 0) is 18.1 Å². The second kappa shape index (κ2) is 7.43. The maximum atomic E-state index is 12.6. The number of carbonyl (C=O) groups is 2. The quantitative estimate of drug-likeness (QED) is 0.630. The van der Waals surface area contributed by atoms with Crippen molar-refractivity contribution in [2.45, 2.75) is 32.7 Å². The first-order chi connectivity index (χ1) is 12.1. The molecule has 7 nitrogen and oxygen atoms in total. The van der Waals surface area contributed by atoms with E-state index in [-0.39, 0.29) is 11.8 Å². The number of benzene rings is 1. The average Bonchev–Trinajstić information content (AvgIpc) is 3.21. The van der Waals surface area contributed by atoms with Crippen molar-refractivity contribution in [3.05, 3.63) is 41.0 Å². The minimum atomic E-state index is -0.689. The molecule has 0 aliphatic rings. The van der Waals surface area contributed by atoms with E-state index in [4.69, 9.17) is 0 Å². The van der Waals surface area contributed by atoms with E-state index in [2.05, 4.69) is 25.8 Å². The summed E-state index contributed by atoms with van der Waals surface area (Å²) in [4.78, 5) is 27.3. The smallest absolute Gasteiger partial charge is 0.249 e. The normalized spacial score (nSPS) is 12.1. The highest BCUT2D eigenvalue weighted by Crippen LogP contribution is 2.20. The van der Waals surface area contributed by atoms with Crippen LogP contribution in [0.5, 0.6) is 0 Å². The zero-order valence-corrected chi connectivity index (χ0v) is 14.8. The molecule has 1 atom stereocenters. The van der Waals surface area contributed by atoms with E-state index in [1.807, 2.05) is 37.4 Å². The third-order valence-corrected chi connectivity index (χ3v) is 4.78. The highest BCUT2D eigenvalue weighted by molar-refractivity contribution is 7.15. The van der Waals surface area contributed by atoms with Gasteiger partial charge in [-0.2, -0.15) is 0 Å². The van der Waals surface area contributed by atoms with Gasteiger partial charge in [0, 0.05) is 30.4 Å². The number of nitrogens with zero attached hydrogens (tertiary/aromatic N) is 2. The first-order valence-corrected chi connectivity index (χ1v) is 8.83. The second-order valence-electron chi connectivity index (χ2n) is 5.66. The zero-order valence-electron chi connectivity index (χ0n) is 14.0. The van der Waals surface area contributed by atoms with Gasteiger partial charge in [0.25, 0.3) is 0 Å². The third kappa shape index (κ3) is 4.03. The summed E-state index contributed by atoms with van der Waals surface area (Å²) in [6, 6.07) is 7.16. The third-order valence-electron chi connectivity index (χ3n) is 3.79. The molecule has 2 aromatic heterocycles. The lowest BCUT2D eigenvalue weighted by Crippen LogP contribution is -2.44. The summed E-state index contributed by atoms with van der Waals surface area (Å²) in [5.41, 5.74) is 1.97. The number of para-hydroxylation sites is 1. The highest BCUT2D eigenvalue weighted by Gasteiger charge is 2.22. The Morgan fingerprint density at radius 1 is 1.28 bits per heavy atom. The molecule has 2 amide bonds. The average molecular weight is 357 g/mol. The number of fused-ring (bicyclic) bond motifs is 1. The molecule has 0 aliphatic heterocycles. The standard InChI is InChI=1S/C17H19N5O2S/c1-3-15-21-22-17(25-15)20-16(24)14(19-10(2)23)8-11-9-18-13-7-5-4-6-12(11)13/h4-7,9,14,18H,3,8H2,1-2H3,(H,19,23)(H,20,22,24). The number of nitrogens with one attached hydrogen (secondary N) is 3. The van der Waals surface area contributed by atoms with E-state index < -0.39 is 6.04 Å². The van der Waals surface area contributed by atoms with Crippen molar-refractivity contribution in [3.63, 3.8) is 0 Å². The molecule has 25 heavy (non-hydrogen) atoms. The van der Waals surface area contributed by atoms with Crippen molar-refractivity contribution in [2.24, 2.45) is 0 Å². The molecule has 0 aliphatic carbocycles. The van der Waals surface area contributed by atoms with Gasteiger partial charge in [-0.25, -0.2) is 0 Å². The van der Waals surface area contributed by atoms with Crippen LogP contribution in [0.15, 0.2) is 30.5 Å². The van der Waals surface area contributed by atoms with E-state index in [1.54, 1.807) is 0 Å². The largest absolute Gasteiger partial charge is 0.361 e. The van der Waals surface area contributed by atoms with Crippen LogP contribution in [-0.4, -0.2) is 33.0 Å². The molecule has 0 radical (unpaired) electrons. The zero-order chi connectivity index (χ0) is 17.8. The Morgan fingerprint density at radius 3 is 2.80 bits per heavy atom. The van der Waals surface area contributed by atoms with Gasteiger partial charge in [-0.3, -0.25) is 14.9 Å². The molecule has 3 N–H and O–H groups in total. The van der Waals surface area contributed by atoms with Gasteiger partial charge in [0.05, 0.1) is 0 Å². The fraction of sp³-hybridized carbons (Fsp3) is 0.294. The van der Waals surface area contributed by atoms with Crippen LogP contribution in [0.3, 0.4) is 0 Å². The maximum absolute atomic E-state index is 12.6. The van der Waals surface area contributed by atoms with E-state index in [0.717, 1.165) is 27.9 Å². The summed E-state index contributed by atoms with van der Waals surface area (Å²) in [6.45, 7) is 3.37. The molecule has 0 fully saturated rings. The van der Waals surface area contributed by atoms with Crippen LogP contribution < -0.4 is 10.6 Å². The number of aromatic amines is 1. The molecular formula is C17H19N5O2S. The van der Waals surface area contributed by atoms with Crippen LogP contribution in [0.2, 0.25) is 0 Å². The first kappa shape index (κ1) is 17.1.